The predicted molar refractivity (Wildman–Crippen MR) is 48.6 cm³/mol. The molecule has 3 N–H and O–H groups in total. The van der Waals surface area contributed by atoms with Crippen molar-refractivity contribution in [3.8, 4) is 0 Å². The standard InChI is InChI=1S/C9H18N2O/c1-9(2,5-10)6-11-8(12)7-3-4-7/h7H,3-6,10H2,1-2H3,(H,11,12). The van der Waals surface area contributed by atoms with Gasteiger partial charge in [0, 0.05) is 12.5 Å². The maximum absolute atomic E-state index is 11.2. The molecule has 12 heavy (non-hydrogen) atoms. The SMILES string of the molecule is CC(C)(CN)CNC(=O)C1CC1. The van der Waals surface area contributed by atoms with E-state index >= 15 is 0 Å². The van der Waals surface area contributed by atoms with Gasteiger partial charge in [0.25, 0.3) is 0 Å². The van der Waals surface area contributed by atoms with Crippen molar-refractivity contribution >= 4 is 5.91 Å². The largest absolute Gasteiger partial charge is 0.355 e. The molecule has 70 valence electrons. The molecule has 0 unspecified atom stereocenters. The van der Waals surface area contributed by atoms with Gasteiger partial charge in [-0.2, -0.15) is 0 Å². The summed E-state index contributed by atoms with van der Waals surface area (Å²) in [5.74, 6) is 0.509. The lowest BCUT2D eigenvalue weighted by atomic mass is 9.94. The Balaban J connectivity index is 2.19. The minimum atomic E-state index is 0.0323. The second-order valence-electron chi connectivity index (χ2n) is 4.36. The predicted octanol–water partition coefficient (Wildman–Crippen LogP) is 0.497. The molecule has 0 radical (unpaired) electrons. The van der Waals surface area contributed by atoms with Crippen molar-refractivity contribution < 1.29 is 4.79 Å². The number of carbonyl (C=O) groups is 1. The van der Waals surface area contributed by atoms with Gasteiger partial charge in [0.15, 0.2) is 0 Å². The van der Waals surface area contributed by atoms with Crippen molar-refractivity contribution in [3.05, 3.63) is 0 Å². The third kappa shape index (κ3) is 2.81. The monoisotopic (exact) mass is 170 g/mol. The fourth-order valence-electron chi connectivity index (χ4n) is 0.888. The molecular weight excluding hydrogens is 152 g/mol. The van der Waals surface area contributed by atoms with Crippen molar-refractivity contribution in [2.75, 3.05) is 13.1 Å². The van der Waals surface area contributed by atoms with Crippen molar-refractivity contribution in [3.63, 3.8) is 0 Å². The van der Waals surface area contributed by atoms with Gasteiger partial charge in [0.05, 0.1) is 0 Å². The molecule has 1 saturated carbocycles. The average Bonchev–Trinajstić information content (AvgIpc) is 2.83. The molecule has 3 heteroatoms. The van der Waals surface area contributed by atoms with E-state index in [1.165, 1.54) is 0 Å². The van der Waals surface area contributed by atoms with Crippen LogP contribution in [-0.2, 0) is 4.79 Å². The van der Waals surface area contributed by atoms with Crippen LogP contribution in [0.3, 0.4) is 0 Å². The topological polar surface area (TPSA) is 55.1 Å². The van der Waals surface area contributed by atoms with Crippen molar-refractivity contribution in [1.82, 2.24) is 5.32 Å². The number of amides is 1. The molecule has 0 bridgehead atoms. The molecule has 1 aliphatic rings. The summed E-state index contributed by atoms with van der Waals surface area (Å²) in [6.45, 7) is 5.41. The number of hydrogen-bond donors (Lipinski definition) is 2. The first-order valence-electron chi connectivity index (χ1n) is 4.53. The van der Waals surface area contributed by atoms with Gasteiger partial charge in [-0.05, 0) is 24.8 Å². The Hall–Kier alpha value is -0.570. The summed E-state index contributed by atoms with van der Waals surface area (Å²) in [6, 6.07) is 0. The summed E-state index contributed by atoms with van der Waals surface area (Å²) in [4.78, 5) is 11.2. The van der Waals surface area contributed by atoms with E-state index in [9.17, 15) is 4.79 Å². The van der Waals surface area contributed by atoms with Gasteiger partial charge in [-0.25, -0.2) is 0 Å². The van der Waals surface area contributed by atoms with Crippen LogP contribution in [0.5, 0.6) is 0 Å². The van der Waals surface area contributed by atoms with Crippen LogP contribution in [0.1, 0.15) is 26.7 Å². The molecule has 0 atom stereocenters. The highest BCUT2D eigenvalue weighted by Gasteiger charge is 2.30. The highest BCUT2D eigenvalue weighted by molar-refractivity contribution is 5.80. The van der Waals surface area contributed by atoms with E-state index in [0.29, 0.717) is 19.0 Å². The molecule has 1 aliphatic carbocycles. The summed E-state index contributed by atoms with van der Waals surface area (Å²) in [6.07, 6.45) is 2.13. The molecule has 0 spiro atoms. The van der Waals surface area contributed by atoms with Gasteiger partial charge < -0.3 is 11.1 Å². The molecule has 0 heterocycles. The lowest BCUT2D eigenvalue weighted by molar-refractivity contribution is -0.122. The zero-order valence-electron chi connectivity index (χ0n) is 7.89. The van der Waals surface area contributed by atoms with Crippen LogP contribution in [-0.4, -0.2) is 19.0 Å². The van der Waals surface area contributed by atoms with Crippen LogP contribution in [0.25, 0.3) is 0 Å². The summed E-state index contributed by atoms with van der Waals surface area (Å²) in [7, 11) is 0. The van der Waals surface area contributed by atoms with Crippen LogP contribution in [0, 0.1) is 11.3 Å². The second kappa shape index (κ2) is 3.44. The number of nitrogens with two attached hydrogens (primary N) is 1. The molecule has 1 fully saturated rings. The maximum Gasteiger partial charge on any atom is 0.223 e. The third-order valence-corrected chi connectivity index (χ3v) is 2.24. The Morgan fingerprint density at radius 1 is 1.58 bits per heavy atom. The summed E-state index contributed by atoms with van der Waals surface area (Å²) >= 11 is 0. The molecule has 0 aliphatic heterocycles. The molecule has 0 aromatic rings. The van der Waals surface area contributed by atoms with E-state index in [4.69, 9.17) is 5.73 Å². The fraction of sp³-hybridized carbons (Fsp3) is 0.889. The number of rotatable bonds is 4. The van der Waals surface area contributed by atoms with E-state index in [2.05, 4.69) is 19.2 Å². The van der Waals surface area contributed by atoms with Crippen molar-refractivity contribution in [2.45, 2.75) is 26.7 Å². The van der Waals surface area contributed by atoms with Crippen molar-refractivity contribution in [1.29, 1.82) is 0 Å². The lowest BCUT2D eigenvalue weighted by Crippen LogP contribution is -2.38. The van der Waals surface area contributed by atoms with E-state index in [1.54, 1.807) is 0 Å². The Morgan fingerprint density at radius 2 is 2.17 bits per heavy atom. The van der Waals surface area contributed by atoms with Gasteiger partial charge in [0.1, 0.15) is 0 Å². The molecular formula is C9H18N2O. The van der Waals surface area contributed by atoms with Gasteiger partial charge in [0.2, 0.25) is 5.91 Å². The fourth-order valence-corrected chi connectivity index (χ4v) is 0.888. The zero-order valence-corrected chi connectivity index (χ0v) is 7.89. The van der Waals surface area contributed by atoms with E-state index < -0.39 is 0 Å². The quantitative estimate of drug-likeness (QED) is 0.645. The second-order valence-corrected chi connectivity index (χ2v) is 4.36. The zero-order chi connectivity index (χ0) is 9.19. The van der Waals surface area contributed by atoms with Crippen molar-refractivity contribution in [2.24, 2.45) is 17.1 Å². The van der Waals surface area contributed by atoms with Gasteiger partial charge >= 0.3 is 0 Å². The Labute approximate surface area is 73.7 Å². The van der Waals surface area contributed by atoms with Crippen LogP contribution in [0.2, 0.25) is 0 Å². The molecule has 0 aromatic carbocycles. The van der Waals surface area contributed by atoms with Crippen LogP contribution >= 0.6 is 0 Å². The normalized spacial score (nSPS) is 17.6. The first-order valence-corrected chi connectivity index (χ1v) is 4.53. The van der Waals surface area contributed by atoms with E-state index in [0.717, 1.165) is 12.8 Å². The minimum absolute atomic E-state index is 0.0323. The molecule has 1 rings (SSSR count). The maximum atomic E-state index is 11.2. The Kier molecular flexibility index (Phi) is 2.73. The summed E-state index contributed by atoms with van der Waals surface area (Å²) < 4.78 is 0. The van der Waals surface area contributed by atoms with Gasteiger partial charge in [-0.3, -0.25) is 4.79 Å². The Morgan fingerprint density at radius 3 is 2.58 bits per heavy atom. The summed E-state index contributed by atoms with van der Waals surface area (Å²) in [5, 5.41) is 2.92. The van der Waals surface area contributed by atoms with Crippen LogP contribution in [0.4, 0.5) is 0 Å². The highest BCUT2D eigenvalue weighted by atomic mass is 16.2. The van der Waals surface area contributed by atoms with E-state index in [-0.39, 0.29) is 11.3 Å². The smallest absolute Gasteiger partial charge is 0.223 e. The number of nitrogens with one attached hydrogen (secondary N) is 1. The minimum Gasteiger partial charge on any atom is -0.355 e. The lowest BCUT2D eigenvalue weighted by Gasteiger charge is -2.22. The molecule has 0 aromatic heterocycles. The van der Waals surface area contributed by atoms with E-state index in [1.807, 2.05) is 0 Å². The summed E-state index contributed by atoms with van der Waals surface area (Å²) in [5.41, 5.74) is 5.57. The molecule has 1 amide bonds. The van der Waals surface area contributed by atoms with Crippen LogP contribution in [0.15, 0.2) is 0 Å². The number of carbonyl (C=O) groups excluding carboxylic acids is 1. The average molecular weight is 170 g/mol. The first-order chi connectivity index (χ1) is 5.55. The first kappa shape index (κ1) is 9.52. The van der Waals surface area contributed by atoms with Gasteiger partial charge in [-0.15, -0.1) is 0 Å². The highest BCUT2D eigenvalue weighted by Crippen LogP contribution is 2.28. The third-order valence-electron chi connectivity index (χ3n) is 2.24. The Bertz CT molecular complexity index is 173. The molecule has 0 saturated heterocycles. The molecule has 3 nitrogen and oxygen atoms in total. The number of hydrogen-bond acceptors (Lipinski definition) is 2. The van der Waals surface area contributed by atoms with Gasteiger partial charge in [-0.1, -0.05) is 13.8 Å². The van der Waals surface area contributed by atoms with Crippen LogP contribution < -0.4 is 11.1 Å².